The van der Waals surface area contributed by atoms with E-state index in [1.807, 2.05) is 18.2 Å². The van der Waals surface area contributed by atoms with Gasteiger partial charge in [0, 0.05) is 19.2 Å². The van der Waals surface area contributed by atoms with Crippen LogP contribution in [0.2, 0.25) is 0 Å². The Kier molecular flexibility index (Phi) is 7.34. The van der Waals surface area contributed by atoms with Crippen LogP contribution in [0.3, 0.4) is 0 Å². The third-order valence-electron chi connectivity index (χ3n) is 7.08. The van der Waals surface area contributed by atoms with Crippen molar-refractivity contribution < 1.29 is 33.3 Å². The fourth-order valence-corrected chi connectivity index (χ4v) is 5.25. The lowest BCUT2D eigenvalue weighted by molar-refractivity contribution is -0.197. The molecule has 0 radical (unpaired) electrons. The molecule has 37 heavy (non-hydrogen) atoms. The molecule has 3 aliphatic heterocycles. The molecule has 196 valence electrons. The number of amides is 2. The number of hydrogen-bond donors (Lipinski definition) is 0. The van der Waals surface area contributed by atoms with E-state index in [9.17, 15) is 9.59 Å². The Bertz CT molecular complexity index is 1180. The van der Waals surface area contributed by atoms with E-state index in [4.69, 9.17) is 23.7 Å². The second-order valence-corrected chi connectivity index (χ2v) is 9.26. The zero-order valence-electron chi connectivity index (χ0n) is 21.2. The maximum absolute atomic E-state index is 14.1. The van der Waals surface area contributed by atoms with E-state index in [-0.39, 0.29) is 12.5 Å². The number of ether oxygens (including phenoxy) is 5. The number of benzene rings is 2. The molecule has 1 saturated heterocycles. The van der Waals surface area contributed by atoms with Gasteiger partial charge in [0.05, 0.1) is 31.5 Å². The number of carbonyl (C=O) groups excluding carboxylic acids is 2. The Morgan fingerprint density at radius 1 is 1.14 bits per heavy atom. The van der Waals surface area contributed by atoms with E-state index in [2.05, 4.69) is 12.6 Å². The number of fused-ring (bicyclic) bond motifs is 3. The van der Waals surface area contributed by atoms with Gasteiger partial charge in [0.25, 0.3) is 5.91 Å². The third-order valence-corrected chi connectivity index (χ3v) is 7.08. The SMILES string of the molecule is C=CCOC(=O)N1c2cc(OC)c(OC)cc2C(=O)N2Cc3ccccc3C[C@H]2C1OC1CCCCO1. The summed E-state index contributed by atoms with van der Waals surface area (Å²) in [4.78, 5) is 31.0. The van der Waals surface area contributed by atoms with Crippen LogP contribution in [0, 0.1) is 0 Å². The van der Waals surface area contributed by atoms with Crippen molar-refractivity contribution in [1.29, 1.82) is 0 Å². The van der Waals surface area contributed by atoms with Crippen LogP contribution >= 0.6 is 0 Å². The van der Waals surface area contributed by atoms with Gasteiger partial charge < -0.3 is 28.6 Å². The maximum Gasteiger partial charge on any atom is 0.416 e. The minimum absolute atomic E-state index is 0.00969. The molecule has 3 atom stereocenters. The first-order valence-electron chi connectivity index (χ1n) is 12.5. The summed E-state index contributed by atoms with van der Waals surface area (Å²) < 4.78 is 29.0. The highest BCUT2D eigenvalue weighted by Crippen LogP contribution is 2.42. The van der Waals surface area contributed by atoms with Crippen LogP contribution in [0.1, 0.15) is 40.7 Å². The van der Waals surface area contributed by atoms with E-state index in [1.165, 1.54) is 25.2 Å². The second kappa shape index (κ2) is 10.8. The highest BCUT2D eigenvalue weighted by Gasteiger charge is 2.47. The maximum atomic E-state index is 14.1. The first-order valence-corrected chi connectivity index (χ1v) is 12.5. The molecule has 0 bridgehead atoms. The van der Waals surface area contributed by atoms with E-state index in [0.717, 1.165) is 24.0 Å². The van der Waals surface area contributed by atoms with Crippen molar-refractivity contribution in [1.82, 2.24) is 4.90 Å². The molecule has 1 fully saturated rings. The summed E-state index contributed by atoms with van der Waals surface area (Å²) in [5.74, 6) is 0.539. The second-order valence-electron chi connectivity index (χ2n) is 9.26. The molecular formula is C28H32N2O7. The molecule has 3 heterocycles. The highest BCUT2D eigenvalue weighted by atomic mass is 16.7. The summed E-state index contributed by atoms with van der Waals surface area (Å²) in [6.45, 7) is 4.63. The van der Waals surface area contributed by atoms with Gasteiger partial charge in [-0.1, -0.05) is 36.9 Å². The van der Waals surface area contributed by atoms with Gasteiger partial charge >= 0.3 is 6.09 Å². The number of methoxy groups -OCH3 is 2. The zero-order chi connectivity index (χ0) is 25.9. The molecule has 2 unspecified atom stereocenters. The van der Waals surface area contributed by atoms with E-state index in [0.29, 0.717) is 48.7 Å². The van der Waals surface area contributed by atoms with Gasteiger partial charge in [-0.15, -0.1) is 0 Å². The molecule has 0 aromatic heterocycles. The van der Waals surface area contributed by atoms with Crippen LogP contribution in [-0.2, 0) is 27.2 Å². The summed E-state index contributed by atoms with van der Waals surface area (Å²) in [7, 11) is 3.01. The van der Waals surface area contributed by atoms with E-state index < -0.39 is 24.7 Å². The van der Waals surface area contributed by atoms with Crippen molar-refractivity contribution in [3.63, 3.8) is 0 Å². The van der Waals surface area contributed by atoms with Crippen LogP contribution in [0.15, 0.2) is 49.1 Å². The monoisotopic (exact) mass is 508 g/mol. The lowest BCUT2D eigenvalue weighted by Gasteiger charge is -2.43. The minimum atomic E-state index is -0.864. The van der Waals surface area contributed by atoms with Crippen molar-refractivity contribution in [3.8, 4) is 11.5 Å². The Morgan fingerprint density at radius 3 is 2.59 bits per heavy atom. The van der Waals surface area contributed by atoms with Gasteiger partial charge in [-0.05, 0) is 42.9 Å². The molecule has 0 spiro atoms. The van der Waals surface area contributed by atoms with Crippen LogP contribution in [0.4, 0.5) is 10.5 Å². The molecule has 5 rings (SSSR count). The topological polar surface area (TPSA) is 86.8 Å². The first kappa shape index (κ1) is 25.1. The van der Waals surface area contributed by atoms with Crippen molar-refractivity contribution in [2.45, 2.75) is 50.8 Å². The summed E-state index contributed by atoms with van der Waals surface area (Å²) in [6.07, 6.45) is 2.59. The Labute approximate surface area is 216 Å². The average Bonchev–Trinajstić information content (AvgIpc) is 3.03. The fraction of sp³-hybridized carbons (Fsp3) is 0.429. The third kappa shape index (κ3) is 4.76. The Hall–Kier alpha value is -3.56. The van der Waals surface area contributed by atoms with Gasteiger partial charge in [0.1, 0.15) is 6.61 Å². The van der Waals surface area contributed by atoms with Crippen LogP contribution in [-0.4, -0.2) is 62.9 Å². The average molecular weight is 509 g/mol. The van der Waals surface area contributed by atoms with Crippen molar-refractivity contribution in [2.75, 3.05) is 32.3 Å². The first-order chi connectivity index (χ1) is 18.0. The Morgan fingerprint density at radius 2 is 1.89 bits per heavy atom. The molecule has 2 aromatic carbocycles. The minimum Gasteiger partial charge on any atom is -0.493 e. The normalized spacial score (nSPS) is 22.8. The molecule has 2 amide bonds. The molecule has 9 heteroatoms. The van der Waals surface area contributed by atoms with Gasteiger partial charge in [-0.2, -0.15) is 0 Å². The summed E-state index contributed by atoms with van der Waals surface area (Å²) >= 11 is 0. The molecule has 9 nitrogen and oxygen atoms in total. The molecule has 3 aliphatic rings. The largest absolute Gasteiger partial charge is 0.493 e. The van der Waals surface area contributed by atoms with Crippen molar-refractivity contribution in [3.05, 3.63) is 65.7 Å². The fourth-order valence-electron chi connectivity index (χ4n) is 5.25. The van der Waals surface area contributed by atoms with Crippen molar-refractivity contribution >= 4 is 17.7 Å². The van der Waals surface area contributed by atoms with Gasteiger partial charge in [0.15, 0.2) is 24.0 Å². The van der Waals surface area contributed by atoms with E-state index in [1.54, 1.807) is 17.0 Å². The quantitative estimate of drug-likeness (QED) is 0.538. The standard InChI is InChI=1S/C28H32N2O7/c1-4-12-36-28(32)30-21-16-24(34-3)23(33-2)15-20(21)26(31)29-17-19-10-6-5-9-18(19)14-22(29)27(30)37-25-11-7-8-13-35-25/h4-6,9-10,15-16,22,25,27H,1,7-8,11-14,17H2,2-3H3/t22-,25?,27?/m0/s1. The van der Waals surface area contributed by atoms with Crippen LogP contribution < -0.4 is 14.4 Å². The molecule has 0 N–H and O–H groups in total. The molecule has 2 aromatic rings. The Balaban J connectivity index is 1.68. The van der Waals surface area contributed by atoms with Crippen LogP contribution in [0.5, 0.6) is 11.5 Å². The van der Waals surface area contributed by atoms with Gasteiger partial charge in [-0.25, -0.2) is 9.69 Å². The van der Waals surface area contributed by atoms with E-state index >= 15 is 0 Å². The predicted octanol–water partition coefficient (Wildman–Crippen LogP) is 4.28. The lowest BCUT2D eigenvalue weighted by atomic mass is 9.92. The lowest BCUT2D eigenvalue weighted by Crippen LogP contribution is -2.58. The number of carbonyl (C=O) groups is 2. The van der Waals surface area contributed by atoms with Crippen LogP contribution in [0.25, 0.3) is 0 Å². The van der Waals surface area contributed by atoms with Crippen molar-refractivity contribution in [2.24, 2.45) is 0 Å². The number of rotatable bonds is 6. The predicted molar refractivity (Wildman–Crippen MR) is 136 cm³/mol. The number of anilines is 1. The molecule has 0 aliphatic carbocycles. The number of nitrogens with zero attached hydrogens (tertiary/aromatic N) is 2. The smallest absolute Gasteiger partial charge is 0.416 e. The van der Waals surface area contributed by atoms with Gasteiger partial charge in [-0.3, -0.25) is 4.79 Å². The summed E-state index contributed by atoms with van der Waals surface area (Å²) in [5, 5.41) is 0. The molecule has 0 saturated carbocycles. The highest BCUT2D eigenvalue weighted by molar-refractivity contribution is 6.06. The molecular weight excluding hydrogens is 476 g/mol. The summed E-state index contributed by atoms with van der Waals surface area (Å²) in [6, 6.07) is 10.8. The number of hydrogen-bond acceptors (Lipinski definition) is 7. The summed E-state index contributed by atoms with van der Waals surface area (Å²) in [5.41, 5.74) is 2.80. The van der Waals surface area contributed by atoms with Gasteiger partial charge in [0.2, 0.25) is 0 Å². The zero-order valence-corrected chi connectivity index (χ0v) is 21.2.